The van der Waals surface area contributed by atoms with Crippen molar-refractivity contribution >= 4 is 6.01 Å². The molecule has 1 saturated heterocycles. The van der Waals surface area contributed by atoms with Gasteiger partial charge >= 0.3 is 6.01 Å². The van der Waals surface area contributed by atoms with Crippen LogP contribution in [0.5, 0.6) is 0 Å². The lowest BCUT2D eigenvalue weighted by Gasteiger charge is -2.26. The van der Waals surface area contributed by atoms with Crippen LogP contribution in [0.15, 0.2) is 23.1 Å². The number of alkyl halides is 1. The second-order valence-corrected chi connectivity index (χ2v) is 5.69. The molecule has 2 aromatic heterocycles. The molecule has 8 heteroatoms. The smallest absolute Gasteiger partial charge is 0.318 e. The van der Waals surface area contributed by atoms with E-state index in [0.717, 1.165) is 5.56 Å². The van der Waals surface area contributed by atoms with Gasteiger partial charge in [-0.2, -0.15) is 0 Å². The summed E-state index contributed by atoms with van der Waals surface area (Å²) in [5, 5.41) is 7.83. The summed E-state index contributed by atoms with van der Waals surface area (Å²) in [5.74, 6) is 0.492. The maximum absolute atomic E-state index is 13.8. The van der Waals surface area contributed by atoms with Crippen molar-refractivity contribution in [1.82, 2.24) is 25.1 Å². The van der Waals surface area contributed by atoms with Crippen LogP contribution in [-0.2, 0) is 6.54 Å². The zero-order chi connectivity index (χ0) is 15.5. The minimum atomic E-state index is -0.870. The van der Waals surface area contributed by atoms with Crippen LogP contribution in [0.1, 0.15) is 17.9 Å². The van der Waals surface area contributed by atoms with E-state index in [4.69, 9.17) is 4.42 Å². The van der Waals surface area contributed by atoms with Crippen molar-refractivity contribution in [2.45, 2.75) is 32.1 Å². The first-order valence-electron chi connectivity index (χ1n) is 7.25. The monoisotopic (exact) mass is 306 g/mol. The summed E-state index contributed by atoms with van der Waals surface area (Å²) in [6, 6.07) is 0.420. The number of aryl methyl sites for hydroxylation is 1. The van der Waals surface area contributed by atoms with E-state index >= 15 is 0 Å². The van der Waals surface area contributed by atoms with Gasteiger partial charge in [-0.05, 0) is 7.05 Å². The number of halogens is 1. The fraction of sp³-hybridized carbons (Fsp3) is 0.571. The Morgan fingerprint density at radius 3 is 2.82 bits per heavy atom. The van der Waals surface area contributed by atoms with Crippen molar-refractivity contribution in [2.24, 2.45) is 0 Å². The molecular weight excluding hydrogens is 287 g/mol. The molecule has 0 radical (unpaired) electrons. The molecule has 0 N–H and O–H groups in total. The van der Waals surface area contributed by atoms with Crippen molar-refractivity contribution < 1.29 is 8.81 Å². The van der Waals surface area contributed by atoms with Crippen LogP contribution in [0.25, 0.3) is 0 Å². The van der Waals surface area contributed by atoms with E-state index < -0.39 is 6.17 Å². The Morgan fingerprint density at radius 1 is 1.36 bits per heavy atom. The van der Waals surface area contributed by atoms with Crippen LogP contribution >= 0.6 is 0 Å². The number of nitrogens with zero attached hydrogens (tertiary/aromatic N) is 6. The summed E-state index contributed by atoms with van der Waals surface area (Å²) in [4.78, 5) is 12.0. The van der Waals surface area contributed by atoms with Gasteiger partial charge in [0.2, 0.25) is 5.89 Å². The highest BCUT2D eigenvalue weighted by molar-refractivity contribution is 5.30. The molecule has 0 saturated carbocycles. The maximum atomic E-state index is 13.8. The Bertz CT molecular complexity index is 606. The van der Waals surface area contributed by atoms with Crippen molar-refractivity contribution in [3.8, 4) is 0 Å². The number of hydrogen-bond acceptors (Lipinski definition) is 7. The predicted molar refractivity (Wildman–Crippen MR) is 78.0 cm³/mol. The van der Waals surface area contributed by atoms with Gasteiger partial charge in [-0.15, -0.1) is 5.10 Å². The van der Waals surface area contributed by atoms with E-state index in [-0.39, 0.29) is 6.04 Å². The molecule has 0 spiro atoms. The van der Waals surface area contributed by atoms with Crippen LogP contribution in [0.3, 0.4) is 0 Å². The zero-order valence-corrected chi connectivity index (χ0v) is 12.7. The fourth-order valence-corrected chi connectivity index (χ4v) is 2.82. The van der Waals surface area contributed by atoms with E-state index in [0.29, 0.717) is 38.0 Å². The van der Waals surface area contributed by atoms with Gasteiger partial charge in [0.1, 0.15) is 12.5 Å². The topological polar surface area (TPSA) is 71.2 Å². The normalized spacial score (nSPS) is 21.7. The number of hydrogen-bond donors (Lipinski definition) is 0. The standard InChI is InChI=1S/C14H19FN6O/c1-10-18-19-14(22-10)21-7-12(15)3-13(21)8-20(2)6-11-4-16-9-17-5-11/h4-5,9,12-13H,3,6-8H2,1-2H3/t12-,13-/m0/s1. The van der Waals surface area contributed by atoms with Gasteiger partial charge in [-0.3, -0.25) is 4.90 Å². The summed E-state index contributed by atoms with van der Waals surface area (Å²) in [7, 11) is 2.00. The molecule has 1 aliphatic heterocycles. The first-order chi connectivity index (χ1) is 10.6. The second kappa shape index (κ2) is 6.35. The third-order valence-corrected chi connectivity index (χ3v) is 3.71. The summed E-state index contributed by atoms with van der Waals surface area (Å²) in [6.07, 6.45) is 4.68. The van der Waals surface area contributed by atoms with Crippen LogP contribution in [0.4, 0.5) is 10.4 Å². The third-order valence-electron chi connectivity index (χ3n) is 3.71. The second-order valence-electron chi connectivity index (χ2n) is 5.69. The number of likely N-dealkylation sites (N-methyl/N-ethyl adjacent to an activating group) is 1. The van der Waals surface area contributed by atoms with E-state index in [9.17, 15) is 4.39 Å². The molecule has 0 amide bonds. The molecule has 0 bridgehead atoms. The van der Waals surface area contributed by atoms with Crippen LogP contribution in [0.2, 0.25) is 0 Å². The van der Waals surface area contributed by atoms with Gasteiger partial charge < -0.3 is 9.32 Å². The van der Waals surface area contributed by atoms with E-state index in [2.05, 4.69) is 25.1 Å². The summed E-state index contributed by atoms with van der Waals surface area (Å²) < 4.78 is 19.3. The minimum Gasteiger partial charge on any atom is -0.408 e. The van der Waals surface area contributed by atoms with Crippen LogP contribution in [0, 0.1) is 6.92 Å². The number of aromatic nitrogens is 4. The maximum Gasteiger partial charge on any atom is 0.318 e. The molecular formula is C14H19FN6O. The highest BCUT2D eigenvalue weighted by Crippen LogP contribution is 2.26. The van der Waals surface area contributed by atoms with Gasteiger partial charge in [0.05, 0.1) is 6.54 Å². The predicted octanol–water partition coefficient (Wildman–Crippen LogP) is 1.22. The van der Waals surface area contributed by atoms with Gasteiger partial charge in [0.15, 0.2) is 0 Å². The molecule has 2 aromatic rings. The Hall–Kier alpha value is -2.09. The Balaban J connectivity index is 1.64. The molecule has 0 unspecified atom stereocenters. The number of rotatable bonds is 5. The lowest BCUT2D eigenvalue weighted by atomic mass is 10.2. The zero-order valence-electron chi connectivity index (χ0n) is 12.7. The summed E-state index contributed by atoms with van der Waals surface area (Å²) in [5.41, 5.74) is 1.03. The van der Waals surface area contributed by atoms with Gasteiger partial charge in [-0.1, -0.05) is 5.10 Å². The molecule has 2 atom stereocenters. The molecule has 22 heavy (non-hydrogen) atoms. The Kier molecular flexibility index (Phi) is 4.28. The molecule has 3 heterocycles. The average Bonchev–Trinajstić information content (AvgIpc) is 3.06. The van der Waals surface area contributed by atoms with Crippen molar-refractivity contribution in [3.05, 3.63) is 30.2 Å². The lowest BCUT2D eigenvalue weighted by Crippen LogP contribution is -2.39. The highest BCUT2D eigenvalue weighted by Gasteiger charge is 2.35. The first kappa shape index (κ1) is 14.8. The Morgan fingerprint density at radius 2 is 2.14 bits per heavy atom. The summed E-state index contributed by atoms with van der Waals surface area (Å²) >= 11 is 0. The van der Waals surface area contributed by atoms with E-state index in [1.807, 2.05) is 11.9 Å². The quantitative estimate of drug-likeness (QED) is 0.822. The molecule has 0 aromatic carbocycles. The van der Waals surface area contributed by atoms with Crippen molar-refractivity contribution in [3.63, 3.8) is 0 Å². The summed E-state index contributed by atoms with van der Waals surface area (Å²) in [6.45, 7) is 3.45. The fourth-order valence-electron chi connectivity index (χ4n) is 2.82. The van der Waals surface area contributed by atoms with Crippen LogP contribution in [-0.4, -0.2) is 57.4 Å². The minimum absolute atomic E-state index is 0.0180. The molecule has 7 nitrogen and oxygen atoms in total. The first-order valence-corrected chi connectivity index (χ1v) is 7.25. The molecule has 1 fully saturated rings. The van der Waals surface area contributed by atoms with Crippen molar-refractivity contribution in [2.75, 3.05) is 25.0 Å². The molecule has 0 aliphatic carbocycles. The molecule has 118 valence electrons. The molecule has 1 aliphatic rings. The Labute approximate surface area is 128 Å². The van der Waals surface area contributed by atoms with Crippen LogP contribution < -0.4 is 4.90 Å². The van der Waals surface area contributed by atoms with Crippen molar-refractivity contribution in [1.29, 1.82) is 0 Å². The van der Waals surface area contributed by atoms with E-state index in [1.54, 1.807) is 19.3 Å². The van der Waals surface area contributed by atoms with Gasteiger partial charge in [-0.25, -0.2) is 14.4 Å². The highest BCUT2D eigenvalue weighted by atomic mass is 19.1. The largest absolute Gasteiger partial charge is 0.408 e. The third kappa shape index (κ3) is 3.38. The van der Waals surface area contributed by atoms with Gasteiger partial charge in [0, 0.05) is 50.4 Å². The van der Waals surface area contributed by atoms with E-state index in [1.165, 1.54) is 6.33 Å². The molecule has 3 rings (SSSR count). The number of anilines is 1. The SMILES string of the molecule is Cc1nnc(N2C[C@@H](F)C[C@H]2CN(C)Cc2cncnc2)o1. The average molecular weight is 306 g/mol. The van der Waals surface area contributed by atoms with Gasteiger partial charge in [0.25, 0.3) is 0 Å². The lowest BCUT2D eigenvalue weighted by molar-refractivity contribution is 0.287.